The molecule has 37 heavy (non-hydrogen) atoms. The summed E-state index contributed by atoms with van der Waals surface area (Å²) in [6.45, 7) is 5.96. The summed E-state index contributed by atoms with van der Waals surface area (Å²) in [7, 11) is 1.69. The topological polar surface area (TPSA) is 98.8 Å². The second-order valence-corrected chi connectivity index (χ2v) is 10.5. The van der Waals surface area contributed by atoms with Crippen molar-refractivity contribution in [3.05, 3.63) is 63.9 Å². The quantitative estimate of drug-likeness (QED) is 0.422. The number of ether oxygens (including phenoxy) is 2. The van der Waals surface area contributed by atoms with Crippen molar-refractivity contribution < 1.29 is 19.4 Å². The summed E-state index contributed by atoms with van der Waals surface area (Å²) >= 11 is 0. The molecule has 196 valence electrons. The van der Waals surface area contributed by atoms with Gasteiger partial charge in [-0.05, 0) is 75.1 Å². The molecule has 0 amide bonds. The number of hydrogen-bond donors (Lipinski definition) is 1. The SMILES string of the molecule is CCc1cc(CCC2(C3CCCC3)CC(O)=C(Cc3nc4nc(C)cc(C)n4n3)C(=O)O2)ccc1OC. The lowest BCUT2D eigenvalue weighted by Crippen LogP contribution is -2.46. The van der Waals surface area contributed by atoms with Crippen molar-refractivity contribution in [3.63, 3.8) is 0 Å². The molecule has 2 aromatic heterocycles. The number of rotatable bonds is 8. The first-order chi connectivity index (χ1) is 17.8. The fourth-order valence-corrected chi connectivity index (χ4v) is 6.05. The molecule has 3 aromatic rings. The molecule has 3 heterocycles. The number of esters is 1. The van der Waals surface area contributed by atoms with Crippen molar-refractivity contribution >= 4 is 11.7 Å². The van der Waals surface area contributed by atoms with E-state index in [4.69, 9.17) is 9.47 Å². The number of carbonyl (C=O) groups excluding carboxylic acids is 1. The van der Waals surface area contributed by atoms with Crippen LogP contribution in [-0.2, 0) is 28.8 Å². The van der Waals surface area contributed by atoms with Crippen molar-refractivity contribution in [1.29, 1.82) is 0 Å². The molecular formula is C29H36N4O4. The zero-order valence-electron chi connectivity index (χ0n) is 22.2. The molecule has 1 aliphatic heterocycles. The minimum atomic E-state index is -0.699. The molecule has 2 aliphatic rings. The third kappa shape index (κ3) is 4.93. The van der Waals surface area contributed by atoms with E-state index in [0.717, 1.165) is 55.7 Å². The molecule has 0 radical (unpaired) electrons. The van der Waals surface area contributed by atoms with Crippen LogP contribution in [0.5, 0.6) is 5.75 Å². The number of fused-ring (bicyclic) bond motifs is 1. The van der Waals surface area contributed by atoms with E-state index in [9.17, 15) is 9.90 Å². The molecule has 1 aromatic carbocycles. The van der Waals surface area contributed by atoms with Crippen molar-refractivity contribution in [1.82, 2.24) is 19.6 Å². The highest BCUT2D eigenvalue weighted by molar-refractivity contribution is 5.90. The van der Waals surface area contributed by atoms with Gasteiger partial charge in [0.15, 0.2) is 5.82 Å². The maximum atomic E-state index is 13.4. The number of hydrogen-bond acceptors (Lipinski definition) is 7. The van der Waals surface area contributed by atoms with Gasteiger partial charge in [0.2, 0.25) is 0 Å². The van der Waals surface area contributed by atoms with E-state index < -0.39 is 11.6 Å². The van der Waals surface area contributed by atoms with Gasteiger partial charge in [0.1, 0.15) is 17.1 Å². The van der Waals surface area contributed by atoms with E-state index >= 15 is 0 Å². The predicted molar refractivity (Wildman–Crippen MR) is 140 cm³/mol. The fraction of sp³-hybridized carbons (Fsp3) is 0.517. The van der Waals surface area contributed by atoms with Gasteiger partial charge >= 0.3 is 5.97 Å². The minimum Gasteiger partial charge on any atom is -0.512 e. The van der Waals surface area contributed by atoms with E-state index in [1.807, 2.05) is 26.0 Å². The number of aliphatic hydroxyl groups excluding tert-OH is 1. The van der Waals surface area contributed by atoms with Gasteiger partial charge in [-0.25, -0.2) is 14.3 Å². The molecule has 5 rings (SSSR count). The Hall–Kier alpha value is -3.42. The number of benzene rings is 1. The third-order valence-corrected chi connectivity index (χ3v) is 8.02. The first-order valence-electron chi connectivity index (χ1n) is 13.3. The Bertz CT molecular complexity index is 1360. The number of aliphatic hydroxyl groups is 1. The maximum Gasteiger partial charge on any atom is 0.338 e. The molecule has 1 atom stereocenters. The summed E-state index contributed by atoms with van der Waals surface area (Å²) < 4.78 is 13.4. The van der Waals surface area contributed by atoms with Crippen molar-refractivity contribution in [2.24, 2.45) is 5.92 Å². The van der Waals surface area contributed by atoms with E-state index in [1.165, 1.54) is 11.1 Å². The molecule has 1 N–H and O–H groups in total. The first-order valence-corrected chi connectivity index (χ1v) is 13.3. The molecule has 1 saturated carbocycles. The molecular weight excluding hydrogens is 468 g/mol. The first kappa shape index (κ1) is 25.2. The minimum absolute atomic E-state index is 0.104. The van der Waals surface area contributed by atoms with Gasteiger partial charge in [0.05, 0.1) is 12.7 Å². The summed E-state index contributed by atoms with van der Waals surface area (Å²) in [4.78, 5) is 22.3. The normalized spacial score (nSPS) is 20.6. The maximum absolute atomic E-state index is 13.4. The summed E-state index contributed by atoms with van der Waals surface area (Å²) in [6.07, 6.45) is 7.05. The van der Waals surface area contributed by atoms with Crippen LogP contribution < -0.4 is 4.74 Å². The Labute approximate surface area is 217 Å². The number of cyclic esters (lactones) is 1. The van der Waals surface area contributed by atoms with Crippen LogP contribution in [0.4, 0.5) is 0 Å². The van der Waals surface area contributed by atoms with Crippen LogP contribution in [-0.4, -0.2) is 43.4 Å². The van der Waals surface area contributed by atoms with Gasteiger partial charge < -0.3 is 14.6 Å². The third-order valence-electron chi connectivity index (χ3n) is 8.02. The Kier molecular flexibility index (Phi) is 6.92. The second-order valence-electron chi connectivity index (χ2n) is 10.5. The fourth-order valence-electron chi connectivity index (χ4n) is 6.05. The number of nitrogens with zero attached hydrogens (tertiary/aromatic N) is 4. The Morgan fingerprint density at radius 3 is 2.68 bits per heavy atom. The summed E-state index contributed by atoms with van der Waals surface area (Å²) in [5.74, 6) is 1.71. The van der Waals surface area contributed by atoms with Crippen LogP contribution in [0.25, 0.3) is 5.78 Å². The standard InChI is InChI=1S/C29H36N4O4/c1-5-21-15-20(10-11-25(21)36-4)12-13-29(22-8-6-7-9-22)17-24(34)23(27(35)37-29)16-26-31-28-30-18(2)14-19(3)33(28)32-26/h10-11,14-15,22,34H,5-9,12-13,16-17H2,1-4H3. The predicted octanol–water partition coefficient (Wildman–Crippen LogP) is 5.18. The zero-order valence-corrected chi connectivity index (χ0v) is 22.2. The van der Waals surface area contributed by atoms with Gasteiger partial charge in [-0.15, -0.1) is 5.10 Å². The highest BCUT2D eigenvalue weighted by Crippen LogP contribution is 2.46. The van der Waals surface area contributed by atoms with Gasteiger partial charge in [-0.3, -0.25) is 0 Å². The van der Waals surface area contributed by atoms with E-state index in [-0.39, 0.29) is 23.7 Å². The molecule has 1 unspecified atom stereocenters. The molecule has 0 spiro atoms. The second kappa shape index (κ2) is 10.1. The smallest absolute Gasteiger partial charge is 0.338 e. The van der Waals surface area contributed by atoms with E-state index in [1.54, 1.807) is 11.6 Å². The molecule has 1 aliphatic carbocycles. The average Bonchev–Trinajstić information content (AvgIpc) is 3.55. The Balaban J connectivity index is 1.40. The number of methoxy groups -OCH3 is 1. The lowest BCUT2D eigenvalue weighted by molar-refractivity contribution is -0.167. The van der Waals surface area contributed by atoms with Gasteiger partial charge in [0, 0.05) is 24.2 Å². The van der Waals surface area contributed by atoms with Gasteiger partial charge in [-0.1, -0.05) is 31.9 Å². The lowest BCUT2D eigenvalue weighted by Gasteiger charge is -2.41. The highest BCUT2D eigenvalue weighted by Gasteiger charge is 2.48. The molecule has 8 heteroatoms. The summed E-state index contributed by atoms with van der Waals surface area (Å²) in [5.41, 5.74) is 3.67. The van der Waals surface area contributed by atoms with Crippen molar-refractivity contribution in [2.45, 2.75) is 84.2 Å². The van der Waals surface area contributed by atoms with Crippen LogP contribution in [0.15, 0.2) is 35.6 Å². The Morgan fingerprint density at radius 2 is 1.97 bits per heavy atom. The largest absolute Gasteiger partial charge is 0.512 e. The number of aromatic nitrogens is 4. The van der Waals surface area contributed by atoms with Gasteiger partial charge in [0.25, 0.3) is 5.78 Å². The summed E-state index contributed by atoms with van der Waals surface area (Å²) in [5, 5.41) is 15.7. The molecule has 1 fully saturated rings. The van der Waals surface area contributed by atoms with Crippen LogP contribution >= 0.6 is 0 Å². The monoisotopic (exact) mass is 504 g/mol. The zero-order chi connectivity index (χ0) is 26.2. The average molecular weight is 505 g/mol. The van der Waals surface area contributed by atoms with Crippen molar-refractivity contribution in [3.8, 4) is 5.75 Å². The van der Waals surface area contributed by atoms with Crippen LogP contribution in [0.1, 0.15) is 73.8 Å². The van der Waals surface area contributed by atoms with Gasteiger partial charge in [-0.2, -0.15) is 4.98 Å². The van der Waals surface area contributed by atoms with E-state index in [0.29, 0.717) is 24.4 Å². The van der Waals surface area contributed by atoms with E-state index in [2.05, 4.69) is 34.1 Å². The number of aryl methyl sites for hydroxylation is 4. The lowest BCUT2D eigenvalue weighted by atomic mass is 9.76. The highest BCUT2D eigenvalue weighted by atomic mass is 16.6. The summed E-state index contributed by atoms with van der Waals surface area (Å²) in [6, 6.07) is 8.21. The van der Waals surface area contributed by atoms with Crippen LogP contribution in [0, 0.1) is 19.8 Å². The van der Waals surface area contributed by atoms with Crippen LogP contribution in [0.3, 0.4) is 0 Å². The number of carbonyl (C=O) groups is 1. The Morgan fingerprint density at radius 1 is 1.19 bits per heavy atom. The molecule has 0 bridgehead atoms. The molecule has 0 saturated heterocycles. The van der Waals surface area contributed by atoms with Crippen LogP contribution in [0.2, 0.25) is 0 Å². The molecule has 8 nitrogen and oxygen atoms in total. The van der Waals surface area contributed by atoms with Crippen molar-refractivity contribution in [2.75, 3.05) is 7.11 Å².